The van der Waals surface area contributed by atoms with Crippen molar-refractivity contribution < 1.29 is 9.84 Å². The Kier molecular flexibility index (Phi) is 6.32. The number of benzene rings is 1. The van der Waals surface area contributed by atoms with E-state index in [0.717, 1.165) is 18.6 Å². The molecule has 0 bridgehead atoms. The van der Waals surface area contributed by atoms with Gasteiger partial charge in [0.1, 0.15) is 5.75 Å². The Bertz CT molecular complexity index is 356. The Labute approximate surface area is 117 Å². The molecule has 0 aliphatic carbocycles. The third-order valence-electron chi connectivity index (χ3n) is 3.88. The van der Waals surface area contributed by atoms with Gasteiger partial charge >= 0.3 is 0 Å². The fourth-order valence-electron chi connectivity index (χ4n) is 1.85. The third kappa shape index (κ3) is 4.84. The van der Waals surface area contributed by atoms with Crippen LogP contribution in [0.2, 0.25) is 0 Å². The van der Waals surface area contributed by atoms with Crippen molar-refractivity contribution in [1.82, 2.24) is 5.32 Å². The first kappa shape index (κ1) is 16.0. The zero-order valence-electron chi connectivity index (χ0n) is 12.6. The second-order valence-corrected chi connectivity index (χ2v) is 5.57. The van der Waals surface area contributed by atoms with Gasteiger partial charge in [-0.25, -0.2) is 0 Å². The zero-order chi connectivity index (χ0) is 14.3. The largest absolute Gasteiger partial charge is 0.494 e. The van der Waals surface area contributed by atoms with Crippen LogP contribution < -0.4 is 10.1 Å². The van der Waals surface area contributed by atoms with Gasteiger partial charge in [-0.1, -0.05) is 32.9 Å². The Morgan fingerprint density at radius 2 is 1.89 bits per heavy atom. The number of aliphatic hydroxyl groups excluding tert-OH is 1. The van der Waals surface area contributed by atoms with Crippen LogP contribution in [0.4, 0.5) is 0 Å². The fraction of sp³-hybridized carbons (Fsp3) is 0.625. The average Bonchev–Trinajstić information content (AvgIpc) is 2.44. The monoisotopic (exact) mass is 265 g/mol. The van der Waals surface area contributed by atoms with Gasteiger partial charge < -0.3 is 15.2 Å². The van der Waals surface area contributed by atoms with Crippen molar-refractivity contribution in [2.45, 2.75) is 45.1 Å². The molecule has 2 N–H and O–H groups in total. The molecule has 0 saturated carbocycles. The zero-order valence-corrected chi connectivity index (χ0v) is 12.6. The lowest BCUT2D eigenvalue weighted by atomic mass is 9.82. The molecule has 1 aromatic carbocycles. The molecule has 1 rings (SSSR count). The van der Waals surface area contributed by atoms with E-state index in [1.165, 1.54) is 5.56 Å². The van der Waals surface area contributed by atoms with E-state index in [9.17, 15) is 0 Å². The van der Waals surface area contributed by atoms with Gasteiger partial charge in [-0.15, -0.1) is 0 Å². The van der Waals surface area contributed by atoms with E-state index >= 15 is 0 Å². The quantitative estimate of drug-likeness (QED) is 0.759. The second kappa shape index (κ2) is 7.51. The summed E-state index contributed by atoms with van der Waals surface area (Å²) in [5, 5.41) is 12.1. The number of nitrogens with one attached hydrogen (secondary N) is 1. The van der Waals surface area contributed by atoms with Gasteiger partial charge in [-0.05, 0) is 43.0 Å². The van der Waals surface area contributed by atoms with E-state index < -0.39 is 0 Å². The highest BCUT2D eigenvalue weighted by Crippen LogP contribution is 2.28. The first-order valence-corrected chi connectivity index (χ1v) is 7.05. The van der Waals surface area contributed by atoms with Gasteiger partial charge in [0, 0.05) is 6.04 Å². The maximum Gasteiger partial charge on any atom is 0.119 e. The Morgan fingerprint density at radius 1 is 1.26 bits per heavy atom. The third-order valence-corrected chi connectivity index (χ3v) is 3.88. The van der Waals surface area contributed by atoms with Crippen LogP contribution in [0.1, 0.15) is 39.2 Å². The molecule has 0 aromatic heterocycles. The van der Waals surface area contributed by atoms with Crippen molar-refractivity contribution in [3.05, 3.63) is 29.8 Å². The number of rotatable bonds is 8. The van der Waals surface area contributed by atoms with Crippen molar-refractivity contribution in [3.63, 3.8) is 0 Å². The molecule has 0 amide bonds. The maximum atomic E-state index is 9.06. The molecule has 1 aromatic rings. The van der Waals surface area contributed by atoms with E-state index in [1.807, 2.05) is 19.2 Å². The molecule has 1 atom stereocenters. The topological polar surface area (TPSA) is 41.5 Å². The summed E-state index contributed by atoms with van der Waals surface area (Å²) in [4.78, 5) is 0. The predicted molar refractivity (Wildman–Crippen MR) is 79.8 cm³/mol. The SMILES string of the molecule is CCC(C)(C)c1ccc(OCCC(CO)NC)cc1. The summed E-state index contributed by atoms with van der Waals surface area (Å²) in [5.74, 6) is 0.892. The minimum Gasteiger partial charge on any atom is -0.494 e. The number of ether oxygens (including phenoxy) is 1. The van der Waals surface area contributed by atoms with Gasteiger partial charge in [0.05, 0.1) is 13.2 Å². The molecule has 0 spiro atoms. The molecule has 3 nitrogen and oxygen atoms in total. The summed E-state index contributed by atoms with van der Waals surface area (Å²) in [6.45, 7) is 7.46. The van der Waals surface area contributed by atoms with Gasteiger partial charge in [-0.2, -0.15) is 0 Å². The Hall–Kier alpha value is -1.06. The molecule has 19 heavy (non-hydrogen) atoms. The normalized spacial score (nSPS) is 13.3. The van der Waals surface area contributed by atoms with E-state index in [0.29, 0.717) is 6.61 Å². The summed E-state index contributed by atoms with van der Waals surface area (Å²) >= 11 is 0. The lowest BCUT2D eigenvalue weighted by Crippen LogP contribution is -2.30. The minimum atomic E-state index is 0.110. The van der Waals surface area contributed by atoms with Crippen LogP contribution >= 0.6 is 0 Å². The van der Waals surface area contributed by atoms with Gasteiger partial charge in [0.15, 0.2) is 0 Å². The van der Waals surface area contributed by atoms with E-state index in [1.54, 1.807) is 0 Å². The second-order valence-electron chi connectivity index (χ2n) is 5.57. The van der Waals surface area contributed by atoms with Crippen molar-refractivity contribution >= 4 is 0 Å². The smallest absolute Gasteiger partial charge is 0.119 e. The number of hydrogen-bond acceptors (Lipinski definition) is 3. The molecular weight excluding hydrogens is 238 g/mol. The van der Waals surface area contributed by atoms with E-state index in [-0.39, 0.29) is 18.1 Å². The molecule has 108 valence electrons. The van der Waals surface area contributed by atoms with Gasteiger partial charge in [0.2, 0.25) is 0 Å². The summed E-state index contributed by atoms with van der Waals surface area (Å²) in [6.07, 6.45) is 1.92. The summed E-state index contributed by atoms with van der Waals surface area (Å²) < 4.78 is 5.69. The highest BCUT2D eigenvalue weighted by atomic mass is 16.5. The highest BCUT2D eigenvalue weighted by Gasteiger charge is 2.17. The fourth-order valence-corrected chi connectivity index (χ4v) is 1.85. The number of aliphatic hydroxyl groups is 1. The van der Waals surface area contributed by atoms with Crippen LogP contribution in [0.3, 0.4) is 0 Å². The standard InChI is InChI=1S/C16H27NO2/c1-5-16(2,3)13-6-8-15(9-7-13)19-11-10-14(12-18)17-4/h6-9,14,17-18H,5,10-12H2,1-4H3. The Balaban J connectivity index is 2.49. The average molecular weight is 265 g/mol. The highest BCUT2D eigenvalue weighted by molar-refractivity contribution is 5.31. The van der Waals surface area contributed by atoms with Crippen LogP contribution in [-0.4, -0.2) is 31.4 Å². The van der Waals surface area contributed by atoms with E-state index in [4.69, 9.17) is 9.84 Å². The van der Waals surface area contributed by atoms with Gasteiger partial charge in [0.25, 0.3) is 0 Å². The minimum absolute atomic E-state index is 0.110. The summed E-state index contributed by atoms with van der Waals surface area (Å²) in [5.41, 5.74) is 1.55. The molecule has 1 unspecified atom stereocenters. The number of likely N-dealkylation sites (N-methyl/N-ethyl adjacent to an activating group) is 1. The predicted octanol–water partition coefficient (Wildman–Crippen LogP) is 2.72. The molecule has 0 aliphatic rings. The van der Waals surface area contributed by atoms with Crippen molar-refractivity contribution in [2.75, 3.05) is 20.3 Å². The lowest BCUT2D eigenvalue weighted by molar-refractivity contribution is 0.214. The molecule has 0 radical (unpaired) electrons. The lowest BCUT2D eigenvalue weighted by Gasteiger charge is -2.23. The van der Waals surface area contributed by atoms with Gasteiger partial charge in [-0.3, -0.25) is 0 Å². The van der Waals surface area contributed by atoms with Crippen LogP contribution in [0, 0.1) is 0 Å². The molecule has 0 saturated heterocycles. The molecule has 0 fully saturated rings. The molecular formula is C16H27NO2. The van der Waals surface area contributed by atoms with Crippen molar-refractivity contribution in [1.29, 1.82) is 0 Å². The summed E-state index contributed by atoms with van der Waals surface area (Å²) in [7, 11) is 1.85. The molecule has 0 heterocycles. The summed E-state index contributed by atoms with van der Waals surface area (Å²) in [6, 6.07) is 8.44. The van der Waals surface area contributed by atoms with Crippen LogP contribution in [-0.2, 0) is 5.41 Å². The van der Waals surface area contributed by atoms with Crippen LogP contribution in [0.5, 0.6) is 5.75 Å². The van der Waals surface area contributed by atoms with Crippen LogP contribution in [0.25, 0.3) is 0 Å². The van der Waals surface area contributed by atoms with Crippen molar-refractivity contribution in [3.8, 4) is 5.75 Å². The van der Waals surface area contributed by atoms with Crippen LogP contribution in [0.15, 0.2) is 24.3 Å². The van der Waals surface area contributed by atoms with E-state index in [2.05, 4.69) is 38.2 Å². The number of hydrogen-bond donors (Lipinski definition) is 2. The van der Waals surface area contributed by atoms with Crippen molar-refractivity contribution in [2.24, 2.45) is 0 Å². The molecule has 0 aliphatic heterocycles. The molecule has 3 heteroatoms. The maximum absolute atomic E-state index is 9.06. The first-order chi connectivity index (χ1) is 9.03. The first-order valence-electron chi connectivity index (χ1n) is 7.05. The Morgan fingerprint density at radius 3 is 2.37 bits per heavy atom.